The van der Waals surface area contributed by atoms with E-state index >= 15 is 0 Å². The van der Waals surface area contributed by atoms with Crippen LogP contribution in [0.2, 0.25) is 18.1 Å². The van der Waals surface area contributed by atoms with Crippen LogP contribution in [0.1, 0.15) is 89.0 Å². The number of ether oxygens (including phenoxy) is 1. The van der Waals surface area contributed by atoms with Crippen molar-refractivity contribution in [2.24, 2.45) is 0 Å². The fourth-order valence-electron chi connectivity index (χ4n) is 4.15. The Morgan fingerprint density at radius 1 is 1.06 bits per heavy atom. The summed E-state index contributed by atoms with van der Waals surface area (Å²) in [5.41, 5.74) is 5.81. The van der Waals surface area contributed by atoms with Crippen molar-refractivity contribution < 1.29 is 17.9 Å². The number of hydrogen-bond donors (Lipinski definition) is 0. The first-order valence-corrected chi connectivity index (χ1v) is 15.2. The van der Waals surface area contributed by atoms with E-state index in [0.29, 0.717) is 12.8 Å². The van der Waals surface area contributed by atoms with Gasteiger partial charge >= 0.3 is 0 Å². The minimum absolute atomic E-state index is 0.146. The number of hydrogen-bond acceptors (Lipinski definition) is 2. The zero-order valence-corrected chi connectivity index (χ0v) is 23.5. The standard InChI is InChI=1S/C28H44F2O2Si/c1-19(13-11-15-24(29)30)14-12-17-28(8)18-16-23-22(4)25(20(2)21(3)26(23)31-28)32-33(9,10)27(5,6)7/h14-15H,11-13,16-18H2,1-10H3/b19-14+/t28-/m1/s1. The van der Waals surface area contributed by atoms with Gasteiger partial charge in [-0.3, -0.25) is 0 Å². The fraction of sp³-hybridized carbons (Fsp3) is 0.643. The van der Waals surface area contributed by atoms with Gasteiger partial charge in [0.1, 0.15) is 17.1 Å². The highest BCUT2D eigenvalue weighted by molar-refractivity contribution is 6.74. The molecular formula is C28H44F2O2Si. The molecule has 0 saturated heterocycles. The predicted molar refractivity (Wildman–Crippen MR) is 138 cm³/mol. The third-order valence-corrected chi connectivity index (χ3v) is 12.1. The fourth-order valence-corrected chi connectivity index (χ4v) is 5.28. The molecule has 0 fully saturated rings. The Labute approximate surface area is 201 Å². The second-order valence-corrected chi connectivity index (χ2v) is 16.3. The Morgan fingerprint density at radius 3 is 2.27 bits per heavy atom. The van der Waals surface area contributed by atoms with Gasteiger partial charge in [0.05, 0.1) is 0 Å². The highest BCUT2D eigenvalue weighted by Crippen LogP contribution is 2.47. The molecule has 0 radical (unpaired) electrons. The van der Waals surface area contributed by atoms with E-state index in [1.54, 1.807) is 0 Å². The van der Waals surface area contributed by atoms with Crippen molar-refractivity contribution >= 4 is 8.32 Å². The summed E-state index contributed by atoms with van der Waals surface area (Å²) in [6.07, 6.45) is 6.39. The average molecular weight is 479 g/mol. The van der Waals surface area contributed by atoms with Crippen LogP contribution in [0.15, 0.2) is 23.8 Å². The van der Waals surface area contributed by atoms with Crippen molar-refractivity contribution in [1.82, 2.24) is 0 Å². The van der Waals surface area contributed by atoms with Crippen LogP contribution in [-0.2, 0) is 6.42 Å². The van der Waals surface area contributed by atoms with E-state index in [1.807, 2.05) is 6.92 Å². The summed E-state index contributed by atoms with van der Waals surface area (Å²) in [6.45, 7) is 22.1. The Morgan fingerprint density at radius 2 is 1.70 bits per heavy atom. The third kappa shape index (κ3) is 6.71. The van der Waals surface area contributed by atoms with Crippen LogP contribution in [0.5, 0.6) is 11.5 Å². The largest absolute Gasteiger partial charge is 0.543 e. The van der Waals surface area contributed by atoms with Gasteiger partial charge in [-0.25, -0.2) is 0 Å². The summed E-state index contributed by atoms with van der Waals surface area (Å²) in [5, 5.41) is 0.146. The molecule has 1 aliphatic heterocycles. The Balaban J connectivity index is 2.20. The minimum atomic E-state index is -1.94. The lowest BCUT2D eigenvalue weighted by Crippen LogP contribution is -2.44. The van der Waals surface area contributed by atoms with E-state index in [2.05, 4.69) is 67.6 Å². The van der Waals surface area contributed by atoms with Gasteiger partial charge < -0.3 is 9.16 Å². The Kier molecular flexibility index (Phi) is 8.65. The van der Waals surface area contributed by atoms with Crippen molar-refractivity contribution in [3.8, 4) is 11.5 Å². The summed E-state index contributed by atoms with van der Waals surface area (Å²) in [7, 11) is -1.94. The van der Waals surface area contributed by atoms with Crippen LogP contribution < -0.4 is 9.16 Å². The third-order valence-electron chi connectivity index (χ3n) is 7.73. The van der Waals surface area contributed by atoms with Crippen molar-refractivity contribution in [3.63, 3.8) is 0 Å². The van der Waals surface area contributed by atoms with Crippen LogP contribution in [-0.4, -0.2) is 13.9 Å². The summed E-state index contributed by atoms with van der Waals surface area (Å²) in [6, 6.07) is 0. The van der Waals surface area contributed by atoms with Gasteiger partial charge in [-0.05, 0) is 114 Å². The lowest BCUT2D eigenvalue weighted by Gasteiger charge is -2.41. The van der Waals surface area contributed by atoms with Gasteiger partial charge in [-0.15, -0.1) is 0 Å². The number of allylic oxidation sites excluding steroid dienone is 3. The normalized spacial score (nSPS) is 19.1. The van der Waals surface area contributed by atoms with Crippen LogP contribution in [0, 0.1) is 20.8 Å². The maximum atomic E-state index is 12.2. The zero-order valence-electron chi connectivity index (χ0n) is 22.5. The lowest BCUT2D eigenvalue weighted by molar-refractivity contribution is 0.0559. The van der Waals surface area contributed by atoms with E-state index in [0.717, 1.165) is 48.8 Å². The van der Waals surface area contributed by atoms with E-state index in [-0.39, 0.29) is 10.6 Å². The monoisotopic (exact) mass is 478 g/mol. The molecule has 5 heteroatoms. The molecule has 2 rings (SSSR count). The highest BCUT2D eigenvalue weighted by Gasteiger charge is 2.41. The molecule has 0 saturated carbocycles. The summed E-state index contributed by atoms with van der Waals surface area (Å²) in [5.74, 6) is 2.09. The molecule has 1 aromatic rings. The van der Waals surface area contributed by atoms with Crippen molar-refractivity contribution in [2.45, 2.75) is 118 Å². The molecule has 0 bridgehead atoms. The van der Waals surface area contributed by atoms with Crippen LogP contribution in [0.3, 0.4) is 0 Å². The van der Waals surface area contributed by atoms with Gasteiger partial charge in [0, 0.05) is 5.56 Å². The molecule has 1 aliphatic rings. The number of benzene rings is 1. The van der Waals surface area contributed by atoms with Crippen LogP contribution >= 0.6 is 0 Å². The van der Waals surface area contributed by atoms with Gasteiger partial charge in [0.2, 0.25) is 0 Å². The average Bonchev–Trinajstić information content (AvgIpc) is 2.68. The molecule has 0 aromatic heterocycles. The first-order valence-electron chi connectivity index (χ1n) is 12.3. The second kappa shape index (κ2) is 10.3. The smallest absolute Gasteiger partial charge is 0.266 e. The first-order chi connectivity index (χ1) is 15.1. The van der Waals surface area contributed by atoms with E-state index in [1.165, 1.54) is 22.3 Å². The van der Waals surface area contributed by atoms with Crippen molar-refractivity contribution in [3.05, 3.63) is 46.1 Å². The first kappa shape index (κ1) is 27.6. The molecule has 0 spiro atoms. The Bertz CT molecular complexity index is 921. The van der Waals surface area contributed by atoms with Crippen molar-refractivity contribution in [1.29, 1.82) is 0 Å². The molecule has 0 amide bonds. The zero-order chi connectivity index (χ0) is 25.2. The molecule has 2 nitrogen and oxygen atoms in total. The van der Waals surface area contributed by atoms with E-state index in [9.17, 15) is 8.78 Å². The van der Waals surface area contributed by atoms with E-state index in [4.69, 9.17) is 9.16 Å². The second-order valence-electron chi connectivity index (χ2n) is 11.5. The molecule has 1 heterocycles. The van der Waals surface area contributed by atoms with Gasteiger partial charge in [0.15, 0.2) is 0 Å². The molecule has 0 unspecified atom stereocenters. The molecule has 186 valence electrons. The molecule has 1 aromatic carbocycles. The molecule has 0 N–H and O–H groups in total. The van der Waals surface area contributed by atoms with Crippen LogP contribution in [0.4, 0.5) is 8.78 Å². The van der Waals surface area contributed by atoms with Gasteiger partial charge in [0.25, 0.3) is 14.4 Å². The van der Waals surface area contributed by atoms with Gasteiger partial charge in [-0.1, -0.05) is 32.4 Å². The topological polar surface area (TPSA) is 18.5 Å². The summed E-state index contributed by atoms with van der Waals surface area (Å²) in [4.78, 5) is 0. The number of rotatable bonds is 8. The lowest BCUT2D eigenvalue weighted by atomic mass is 9.85. The molecule has 33 heavy (non-hydrogen) atoms. The van der Waals surface area contributed by atoms with Gasteiger partial charge in [-0.2, -0.15) is 8.78 Å². The summed E-state index contributed by atoms with van der Waals surface area (Å²) >= 11 is 0. The number of fused-ring (bicyclic) bond motifs is 1. The molecular weight excluding hydrogens is 434 g/mol. The van der Waals surface area contributed by atoms with E-state index < -0.39 is 14.4 Å². The summed E-state index contributed by atoms with van der Waals surface area (Å²) < 4.78 is 37.9. The quantitative estimate of drug-likeness (QED) is 0.274. The number of halogens is 2. The molecule has 0 aliphatic carbocycles. The predicted octanol–water partition coefficient (Wildman–Crippen LogP) is 9.37. The minimum Gasteiger partial charge on any atom is -0.543 e. The molecule has 1 atom stereocenters. The maximum absolute atomic E-state index is 12.2. The maximum Gasteiger partial charge on any atom is 0.266 e. The van der Waals surface area contributed by atoms with Crippen molar-refractivity contribution in [2.75, 3.05) is 0 Å². The van der Waals surface area contributed by atoms with Crippen LogP contribution in [0.25, 0.3) is 0 Å². The Hall–Kier alpha value is -1.62. The highest BCUT2D eigenvalue weighted by atomic mass is 28.4. The SMILES string of the molecule is C/C(=C\CC[C@]1(C)CCc2c(C)c(O[Si](C)(C)C(C)(C)C)c(C)c(C)c2O1)CCC=C(F)F.